The highest BCUT2D eigenvalue weighted by Gasteiger charge is 2.50. The van der Waals surface area contributed by atoms with Crippen molar-refractivity contribution in [2.24, 2.45) is 11.8 Å². The number of hydrogen-bond acceptors (Lipinski definition) is 6. The molecule has 9 heteroatoms. The largest absolute Gasteiger partial charge is 0.467 e. The Bertz CT molecular complexity index is 708. The molecule has 7 atom stereocenters. The van der Waals surface area contributed by atoms with Crippen LogP contribution in [-0.2, 0) is 25.5 Å². The summed E-state index contributed by atoms with van der Waals surface area (Å²) in [7, 11) is 3.21. The van der Waals surface area contributed by atoms with Crippen LogP contribution in [0.3, 0.4) is 0 Å². The van der Waals surface area contributed by atoms with Crippen LogP contribution in [0.1, 0.15) is 25.3 Å². The zero-order chi connectivity index (χ0) is 23.7. The standard InChI is InChI=1S/C23H34Br2N2O5/c1-14-17(20(28)19(25)21(18(14)24)32-12-8-7-11-26-2)22(29)27-16(23(30)31-3)13-15-9-5-4-6-10-15/h4-6,9-10,14,16-21,26,28H,7-8,11-13H2,1-3H3,(H,27,29)/t14?,16-,17?,18?,19?,20?,21?/m0/s1. The second-order valence-corrected chi connectivity index (χ2v) is 10.3. The Hall–Kier alpha value is -1.00. The van der Waals surface area contributed by atoms with Crippen LogP contribution in [0.25, 0.3) is 0 Å². The number of halogens is 2. The number of methoxy groups -OCH3 is 1. The molecule has 1 aliphatic rings. The summed E-state index contributed by atoms with van der Waals surface area (Å²) in [4.78, 5) is 25.0. The van der Waals surface area contributed by atoms with E-state index in [0.717, 1.165) is 24.9 Å². The quantitative estimate of drug-likeness (QED) is 0.212. The molecule has 0 aliphatic heterocycles. The van der Waals surface area contributed by atoms with Gasteiger partial charge in [-0.1, -0.05) is 69.1 Å². The molecule has 7 nitrogen and oxygen atoms in total. The van der Waals surface area contributed by atoms with Crippen LogP contribution in [0.4, 0.5) is 0 Å². The number of rotatable bonds is 11. The topological polar surface area (TPSA) is 96.9 Å². The Morgan fingerprint density at radius 3 is 2.47 bits per heavy atom. The molecule has 1 aliphatic carbocycles. The van der Waals surface area contributed by atoms with Crippen LogP contribution in [0.5, 0.6) is 0 Å². The number of amides is 1. The SMILES string of the molecule is CNCCCCOC1C(Br)C(C)C(C(=O)N[C@@H](Cc2ccccc2)C(=O)OC)C(O)C1Br. The molecule has 32 heavy (non-hydrogen) atoms. The zero-order valence-electron chi connectivity index (χ0n) is 18.8. The first-order valence-electron chi connectivity index (χ1n) is 11.0. The van der Waals surface area contributed by atoms with Gasteiger partial charge in [0, 0.05) is 17.9 Å². The summed E-state index contributed by atoms with van der Waals surface area (Å²) in [5, 5.41) is 16.9. The summed E-state index contributed by atoms with van der Waals surface area (Å²) in [5.74, 6) is -1.82. The number of aliphatic hydroxyl groups is 1. The van der Waals surface area contributed by atoms with Crippen molar-refractivity contribution in [2.75, 3.05) is 27.3 Å². The van der Waals surface area contributed by atoms with Gasteiger partial charge in [-0.2, -0.15) is 0 Å². The van der Waals surface area contributed by atoms with Gasteiger partial charge in [0.2, 0.25) is 5.91 Å². The molecule has 0 spiro atoms. The fraction of sp³-hybridized carbons (Fsp3) is 0.652. The average Bonchev–Trinajstić information content (AvgIpc) is 2.79. The van der Waals surface area contributed by atoms with E-state index in [1.54, 1.807) is 0 Å². The van der Waals surface area contributed by atoms with Gasteiger partial charge in [0.1, 0.15) is 6.04 Å². The first-order chi connectivity index (χ1) is 15.3. The molecule has 0 heterocycles. The molecule has 0 bridgehead atoms. The van der Waals surface area contributed by atoms with Crippen molar-refractivity contribution >= 4 is 43.7 Å². The van der Waals surface area contributed by atoms with Crippen LogP contribution < -0.4 is 10.6 Å². The maximum atomic E-state index is 13.2. The molecule has 1 aromatic rings. The number of nitrogens with one attached hydrogen (secondary N) is 2. The van der Waals surface area contributed by atoms with Crippen molar-refractivity contribution in [3.63, 3.8) is 0 Å². The van der Waals surface area contributed by atoms with Gasteiger partial charge in [0.05, 0.1) is 30.1 Å². The lowest BCUT2D eigenvalue weighted by Crippen LogP contribution is -2.59. The minimum absolute atomic E-state index is 0.138. The first-order valence-corrected chi connectivity index (χ1v) is 12.8. The monoisotopic (exact) mass is 576 g/mol. The molecular weight excluding hydrogens is 544 g/mol. The van der Waals surface area contributed by atoms with E-state index in [9.17, 15) is 14.7 Å². The summed E-state index contributed by atoms with van der Waals surface area (Å²) in [5.41, 5.74) is 0.906. The van der Waals surface area contributed by atoms with Gasteiger partial charge in [-0.25, -0.2) is 4.79 Å². The van der Waals surface area contributed by atoms with Crippen molar-refractivity contribution in [2.45, 2.75) is 54.1 Å². The maximum Gasteiger partial charge on any atom is 0.328 e. The van der Waals surface area contributed by atoms with Crippen molar-refractivity contribution < 1.29 is 24.2 Å². The summed E-state index contributed by atoms with van der Waals surface area (Å²) >= 11 is 7.25. The normalized spacial score (nSPS) is 28.7. The van der Waals surface area contributed by atoms with E-state index in [2.05, 4.69) is 42.5 Å². The molecule has 1 saturated carbocycles. The predicted molar refractivity (Wildman–Crippen MR) is 131 cm³/mol. The lowest BCUT2D eigenvalue weighted by atomic mass is 9.76. The molecule has 3 N–H and O–H groups in total. The summed E-state index contributed by atoms with van der Waals surface area (Å²) in [6.07, 6.45) is 0.980. The van der Waals surface area contributed by atoms with Crippen LogP contribution in [0.15, 0.2) is 30.3 Å². The minimum Gasteiger partial charge on any atom is -0.467 e. The highest BCUT2D eigenvalue weighted by Crippen LogP contribution is 2.40. The van der Waals surface area contributed by atoms with E-state index in [1.165, 1.54) is 7.11 Å². The smallest absolute Gasteiger partial charge is 0.328 e. The predicted octanol–water partition coefficient (Wildman–Crippen LogP) is 2.43. The van der Waals surface area contributed by atoms with E-state index in [-0.39, 0.29) is 22.8 Å². The number of benzene rings is 1. The van der Waals surface area contributed by atoms with E-state index in [1.807, 2.05) is 44.3 Å². The highest BCUT2D eigenvalue weighted by atomic mass is 79.9. The third-order valence-electron chi connectivity index (χ3n) is 5.91. The molecular formula is C23H34Br2N2O5. The number of alkyl halides is 2. The lowest BCUT2D eigenvalue weighted by molar-refractivity contribution is -0.148. The third kappa shape index (κ3) is 7.25. The first kappa shape index (κ1) is 27.2. The molecule has 0 saturated heterocycles. The maximum absolute atomic E-state index is 13.2. The van der Waals surface area contributed by atoms with Gasteiger partial charge in [-0.15, -0.1) is 0 Å². The van der Waals surface area contributed by atoms with Crippen LogP contribution in [-0.4, -0.2) is 72.2 Å². The Kier molecular flexibility index (Phi) is 11.6. The van der Waals surface area contributed by atoms with E-state index in [0.29, 0.717) is 13.0 Å². The van der Waals surface area contributed by atoms with Gasteiger partial charge in [-0.05, 0) is 37.9 Å². The fourth-order valence-electron chi connectivity index (χ4n) is 4.03. The van der Waals surface area contributed by atoms with Crippen LogP contribution in [0, 0.1) is 11.8 Å². The zero-order valence-corrected chi connectivity index (χ0v) is 22.0. The number of unbranched alkanes of at least 4 members (excludes halogenated alkanes) is 1. The molecule has 180 valence electrons. The summed E-state index contributed by atoms with van der Waals surface area (Å²) < 4.78 is 11.0. The van der Waals surface area contributed by atoms with Gasteiger partial charge in [0.25, 0.3) is 0 Å². The molecule has 0 aromatic heterocycles. The number of hydrogen-bond donors (Lipinski definition) is 3. The Labute approximate surface area is 207 Å². The van der Waals surface area contributed by atoms with Crippen LogP contribution in [0.2, 0.25) is 0 Å². The van der Waals surface area contributed by atoms with E-state index in [4.69, 9.17) is 9.47 Å². The molecule has 1 aromatic carbocycles. The van der Waals surface area contributed by atoms with Gasteiger partial charge >= 0.3 is 5.97 Å². The van der Waals surface area contributed by atoms with Gasteiger partial charge in [-0.3, -0.25) is 4.79 Å². The van der Waals surface area contributed by atoms with Gasteiger partial charge < -0.3 is 25.2 Å². The van der Waals surface area contributed by atoms with Crippen molar-refractivity contribution in [1.82, 2.24) is 10.6 Å². The number of carbonyl (C=O) groups is 2. The summed E-state index contributed by atoms with van der Waals surface area (Å²) in [6, 6.07) is 8.59. The lowest BCUT2D eigenvalue weighted by Gasteiger charge is -2.44. The molecule has 1 fully saturated rings. The van der Waals surface area contributed by atoms with Crippen molar-refractivity contribution in [3.05, 3.63) is 35.9 Å². The molecule has 6 unspecified atom stereocenters. The minimum atomic E-state index is -0.962. The summed E-state index contributed by atoms with van der Waals surface area (Å²) in [6.45, 7) is 3.41. The molecule has 0 radical (unpaired) electrons. The van der Waals surface area contributed by atoms with Gasteiger partial charge in [0.15, 0.2) is 0 Å². The number of ether oxygens (including phenoxy) is 2. The average molecular weight is 578 g/mol. The van der Waals surface area contributed by atoms with Crippen molar-refractivity contribution in [3.8, 4) is 0 Å². The molecule has 1 amide bonds. The fourth-order valence-corrected chi connectivity index (χ4v) is 6.06. The van der Waals surface area contributed by atoms with E-state index < -0.39 is 28.9 Å². The Balaban J connectivity index is 2.05. The Morgan fingerprint density at radius 2 is 1.84 bits per heavy atom. The second kappa shape index (κ2) is 13.6. The molecule has 2 rings (SSSR count). The Morgan fingerprint density at radius 1 is 1.16 bits per heavy atom. The third-order valence-corrected chi connectivity index (χ3v) is 8.33. The highest BCUT2D eigenvalue weighted by molar-refractivity contribution is 9.10. The van der Waals surface area contributed by atoms with Crippen molar-refractivity contribution in [1.29, 1.82) is 0 Å². The number of aliphatic hydroxyl groups excluding tert-OH is 1. The second-order valence-electron chi connectivity index (χ2n) is 8.18. The number of carbonyl (C=O) groups excluding carboxylic acids is 2. The van der Waals surface area contributed by atoms with E-state index >= 15 is 0 Å². The van der Waals surface area contributed by atoms with Crippen LogP contribution >= 0.6 is 31.9 Å². The number of esters is 1.